The summed E-state index contributed by atoms with van der Waals surface area (Å²) < 4.78 is 12.5. The number of halogens is 1. The van der Waals surface area contributed by atoms with Gasteiger partial charge in [-0.15, -0.1) is 0 Å². The molecule has 1 aliphatic heterocycles. The first-order valence-corrected chi connectivity index (χ1v) is 9.90. The molecule has 0 aliphatic carbocycles. The predicted molar refractivity (Wildman–Crippen MR) is 109 cm³/mol. The summed E-state index contributed by atoms with van der Waals surface area (Å²) in [4.78, 5) is 2.44. The first kappa shape index (κ1) is 19.2. The predicted octanol–water partition coefficient (Wildman–Crippen LogP) is 4.22. The molecule has 0 aromatic heterocycles. The molecule has 140 valence electrons. The van der Waals surface area contributed by atoms with Gasteiger partial charge in [-0.05, 0) is 61.8 Å². The van der Waals surface area contributed by atoms with E-state index in [2.05, 4.69) is 57.5 Å². The van der Waals surface area contributed by atoms with E-state index in [0.717, 1.165) is 34.6 Å². The van der Waals surface area contributed by atoms with E-state index < -0.39 is 0 Å². The lowest BCUT2D eigenvalue weighted by Crippen LogP contribution is -2.35. The van der Waals surface area contributed by atoms with Crippen molar-refractivity contribution in [3.8, 4) is 11.5 Å². The number of nitrogens with one attached hydrogen (secondary N) is 1. The van der Waals surface area contributed by atoms with Crippen LogP contribution in [-0.4, -0.2) is 38.2 Å². The fraction of sp³-hybridized carbons (Fsp3) is 0.429. The minimum atomic E-state index is 0.523. The lowest BCUT2D eigenvalue weighted by molar-refractivity contribution is 0.284. The van der Waals surface area contributed by atoms with Crippen molar-refractivity contribution in [2.75, 3.05) is 27.2 Å². The Bertz CT molecular complexity index is 706. The van der Waals surface area contributed by atoms with Crippen LogP contribution in [0.2, 0.25) is 0 Å². The zero-order valence-corrected chi connectivity index (χ0v) is 17.1. The molecule has 1 atom stereocenters. The van der Waals surface area contributed by atoms with Gasteiger partial charge in [0.1, 0.15) is 6.61 Å². The molecule has 0 saturated carbocycles. The first-order chi connectivity index (χ1) is 12.7. The van der Waals surface area contributed by atoms with Crippen LogP contribution in [0.4, 0.5) is 0 Å². The van der Waals surface area contributed by atoms with E-state index >= 15 is 0 Å². The monoisotopic (exact) mass is 418 g/mol. The molecule has 0 radical (unpaired) electrons. The number of likely N-dealkylation sites (N-methyl/N-ethyl adjacent to an activating group) is 1. The molecule has 2 aromatic rings. The number of benzene rings is 2. The third-order valence-electron chi connectivity index (χ3n) is 4.92. The standard InChI is InChI=1S/C21H27BrN2O2/c1-24-11-3-4-19(24)14-23-13-17-7-10-20(21(12-17)25-2)26-15-16-5-8-18(22)9-6-16/h5-10,12,19,23H,3-4,11,13-15H2,1-2H3. The Morgan fingerprint density at radius 1 is 1.12 bits per heavy atom. The van der Waals surface area contributed by atoms with Crippen molar-refractivity contribution in [3.63, 3.8) is 0 Å². The molecule has 0 spiro atoms. The Labute approximate surface area is 164 Å². The summed E-state index contributed by atoms with van der Waals surface area (Å²) >= 11 is 3.45. The van der Waals surface area contributed by atoms with E-state index in [1.807, 2.05) is 18.2 Å². The summed E-state index contributed by atoms with van der Waals surface area (Å²) in [6, 6.07) is 15.0. The average molecular weight is 419 g/mol. The largest absolute Gasteiger partial charge is 0.493 e. The molecule has 5 heteroatoms. The number of hydrogen-bond acceptors (Lipinski definition) is 4. The lowest BCUT2D eigenvalue weighted by Gasteiger charge is -2.20. The molecule has 1 unspecified atom stereocenters. The van der Waals surface area contributed by atoms with Crippen molar-refractivity contribution in [2.24, 2.45) is 0 Å². The topological polar surface area (TPSA) is 33.7 Å². The summed E-state index contributed by atoms with van der Waals surface area (Å²) in [5, 5.41) is 3.57. The van der Waals surface area contributed by atoms with E-state index in [4.69, 9.17) is 9.47 Å². The number of ether oxygens (including phenoxy) is 2. The molecular weight excluding hydrogens is 392 g/mol. The maximum atomic E-state index is 5.94. The van der Waals surface area contributed by atoms with Crippen LogP contribution in [0.3, 0.4) is 0 Å². The summed E-state index contributed by atoms with van der Waals surface area (Å²) in [5.41, 5.74) is 2.33. The molecule has 26 heavy (non-hydrogen) atoms. The Balaban J connectivity index is 1.54. The van der Waals surface area contributed by atoms with Gasteiger partial charge >= 0.3 is 0 Å². The number of likely N-dealkylation sites (tertiary alicyclic amines) is 1. The molecular formula is C21H27BrN2O2. The van der Waals surface area contributed by atoms with Gasteiger partial charge in [0.05, 0.1) is 7.11 Å². The summed E-state index contributed by atoms with van der Waals surface area (Å²) in [5.74, 6) is 1.55. The van der Waals surface area contributed by atoms with Gasteiger partial charge in [-0.3, -0.25) is 0 Å². The van der Waals surface area contributed by atoms with Crippen LogP contribution >= 0.6 is 15.9 Å². The average Bonchev–Trinajstić information content (AvgIpc) is 3.06. The van der Waals surface area contributed by atoms with Crippen molar-refractivity contribution in [3.05, 3.63) is 58.1 Å². The number of methoxy groups -OCH3 is 1. The smallest absolute Gasteiger partial charge is 0.161 e. The van der Waals surface area contributed by atoms with Crippen LogP contribution in [0.25, 0.3) is 0 Å². The van der Waals surface area contributed by atoms with Crippen molar-refractivity contribution in [1.82, 2.24) is 10.2 Å². The van der Waals surface area contributed by atoms with Gasteiger partial charge in [0.2, 0.25) is 0 Å². The zero-order valence-electron chi connectivity index (χ0n) is 15.5. The molecule has 1 N–H and O–H groups in total. The van der Waals surface area contributed by atoms with Crippen LogP contribution in [0, 0.1) is 0 Å². The maximum absolute atomic E-state index is 5.94. The molecule has 1 saturated heterocycles. The molecule has 1 fully saturated rings. The summed E-state index contributed by atoms with van der Waals surface area (Å²) in [7, 11) is 3.90. The fourth-order valence-electron chi connectivity index (χ4n) is 3.30. The van der Waals surface area contributed by atoms with Crippen molar-refractivity contribution in [1.29, 1.82) is 0 Å². The maximum Gasteiger partial charge on any atom is 0.161 e. The van der Waals surface area contributed by atoms with Gasteiger partial charge in [0.15, 0.2) is 11.5 Å². The SMILES string of the molecule is COc1cc(CNCC2CCCN2C)ccc1OCc1ccc(Br)cc1. The Morgan fingerprint density at radius 2 is 1.88 bits per heavy atom. The molecule has 1 heterocycles. The van der Waals surface area contributed by atoms with Crippen LogP contribution < -0.4 is 14.8 Å². The highest BCUT2D eigenvalue weighted by Crippen LogP contribution is 2.29. The van der Waals surface area contributed by atoms with Crippen LogP contribution in [-0.2, 0) is 13.2 Å². The molecule has 2 aromatic carbocycles. The van der Waals surface area contributed by atoms with Crippen LogP contribution in [0.15, 0.2) is 46.9 Å². The minimum absolute atomic E-state index is 0.523. The van der Waals surface area contributed by atoms with Gasteiger partial charge in [-0.1, -0.05) is 34.1 Å². The number of hydrogen-bond donors (Lipinski definition) is 1. The van der Waals surface area contributed by atoms with Crippen molar-refractivity contribution < 1.29 is 9.47 Å². The Hall–Kier alpha value is -1.56. The lowest BCUT2D eigenvalue weighted by atomic mass is 10.1. The quantitative estimate of drug-likeness (QED) is 0.695. The molecule has 1 aliphatic rings. The Kier molecular flexibility index (Phi) is 6.94. The summed E-state index contributed by atoms with van der Waals surface area (Å²) in [6.07, 6.45) is 2.59. The van der Waals surface area contributed by atoms with E-state index in [0.29, 0.717) is 12.6 Å². The van der Waals surface area contributed by atoms with Gasteiger partial charge in [-0.2, -0.15) is 0 Å². The van der Waals surface area contributed by atoms with Gasteiger partial charge < -0.3 is 19.7 Å². The second-order valence-corrected chi connectivity index (χ2v) is 7.72. The second kappa shape index (κ2) is 9.40. The van der Waals surface area contributed by atoms with Crippen LogP contribution in [0.5, 0.6) is 11.5 Å². The first-order valence-electron chi connectivity index (χ1n) is 9.11. The third kappa shape index (κ3) is 5.22. The van der Waals surface area contributed by atoms with Crippen molar-refractivity contribution in [2.45, 2.75) is 32.0 Å². The van der Waals surface area contributed by atoms with E-state index in [-0.39, 0.29) is 0 Å². The van der Waals surface area contributed by atoms with E-state index in [1.54, 1.807) is 7.11 Å². The number of nitrogens with zero attached hydrogens (tertiary/aromatic N) is 1. The van der Waals surface area contributed by atoms with Gasteiger partial charge in [-0.25, -0.2) is 0 Å². The zero-order chi connectivity index (χ0) is 18.4. The van der Waals surface area contributed by atoms with Gasteiger partial charge in [0, 0.05) is 23.6 Å². The van der Waals surface area contributed by atoms with Crippen molar-refractivity contribution >= 4 is 15.9 Å². The highest BCUT2D eigenvalue weighted by molar-refractivity contribution is 9.10. The fourth-order valence-corrected chi connectivity index (χ4v) is 3.57. The van der Waals surface area contributed by atoms with Gasteiger partial charge in [0.25, 0.3) is 0 Å². The summed E-state index contributed by atoms with van der Waals surface area (Å²) in [6.45, 7) is 3.61. The van der Waals surface area contributed by atoms with E-state index in [9.17, 15) is 0 Å². The highest BCUT2D eigenvalue weighted by Gasteiger charge is 2.19. The normalized spacial score (nSPS) is 17.4. The van der Waals surface area contributed by atoms with E-state index in [1.165, 1.54) is 24.9 Å². The number of rotatable bonds is 8. The molecule has 0 bridgehead atoms. The minimum Gasteiger partial charge on any atom is -0.493 e. The Morgan fingerprint density at radius 3 is 2.58 bits per heavy atom. The van der Waals surface area contributed by atoms with Crippen LogP contribution in [0.1, 0.15) is 24.0 Å². The molecule has 4 nitrogen and oxygen atoms in total. The third-order valence-corrected chi connectivity index (χ3v) is 5.44. The molecule has 0 amide bonds. The second-order valence-electron chi connectivity index (χ2n) is 6.81. The molecule has 3 rings (SSSR count). The highest BCUT2D eigenvalue weighted by atomic mass is 79.9.